The number of rotatable bonds is 3. The van der Waals surface area contributed by atoms with Crippen molar-refractivity contribution in [1.29, 1.82) is 0 Å². The summed E-state index contributed by atoms with van der Waals surface area (Å²) in [7, 11) is 2.66. The summed E-state index contributed by atoms with van der Waals surface area (Å²) in [4.78, 5) is 13.1. The molecule has 0 fully saturated rings. The summed E-state index contributed by atoms with van der Waals surface area (Å²) < 4.78 is -0.0245. The van der Waals surface area contributed by atoms with Gasteiger partial charge in [-0.25, -0.2) is 0 Å². The predicted octanol–water partition coefficient (Wildman–Crippen LogP) is 2.67. The third-order valence-corrected chi connectivity index (χ3v) is 4.43. The van der Waals surface area contributed by atoms with Crippen molar-refractivity contribution in [2.24, 2.45) is 0 Å². The van der Waals surface area contributed by atoms with Gasteiger partial charge in [-0.05, 0) is 24.2 Å². The molecular formula is C7H10ClNOS2. The first kappa shape index (κ1) is 10.0. The van der Waals surface area contributed by atoms with E-state index in [2.05, 4.69) is 18.7 Å². The van der Waals surface area contributed by atoms with Gasteiger partial charge in [0.2, 0.25) is 0 Å². The summed E-state index contributed by atoms with van der Waals surface area (Å²) in [6.45, 7) is 5.88. The lowest BCUT2D eigenvalue weighted by Crippen LogP contribution is -2.21. The van der Waals surface area contributed by atoms with Crippen molar-refractivity contribution in [1.82, 2.24) is 0 Å². The summed E-state index contributed by atoms with van der Waals surface area (Å²) in [5.74, 6) is 0. The number of nitrogens with zero attached hydrogens (tertiary/aromatic N) is 1. The molecule has 0 saturated carbocycles. The molecule has 1 rings (SSSR count). The van der Waals surface area contributed by atoms with E-state index < -0.39 is 0 Å². The van der Waals surface area contributed by atoms with E-state index in [0.717, 1.165) is 18.1 Å². The van der Waals surface area contributed by atoms with Crippen molar-refractivity contribution in [2.75, 3.05) is 18.0 Å². The second-order valence-corrected chi connectivity index (χ2v) is 4.71. The maximum absolute atomic E-state index is 11.0. The summed E-state index contributed by atoms with van der Waals surface area (Å²) in [5, 5.41) is 1.30. The van der Waals surface area contributed by atoms with Crippen LogP contribution in [0.3, 0.4) is 0 Å². The molecule has 0 aromatic carbocycles. The monoisotopic (exact) mass is 223 g/mol. The Bertz CT molecular complexity index is 303. The van der Waals surface area contributed by atoms with Crippen LogP contribution in [0.2, 0.25) is 5.02 Å². The molecule has 0 aliphatic carbocycles. The van der Waals surface area contributed by atoms with Gasteiger partial charge in [0.15, 0.2) is 0 Å². The fourth-order valence-corrected chi connectivity index (χ4v) is 3.76. The highest BCUT2D eigenvalue weighted by Gasteiger charge is 2.12. The van der Waals surface area contributed by atoms with Crippen molar-refractivity contribution in [3.63, 3.8) is 0 Å². The summed E-state index contributed by atoms with van der Waals surface area (Å²) >= 11 is 5.83. The van der Waals surface area contributed by atoms with Crippen LogP contribution in [0, 0.1) is 0 Å². The largest absolute Gasteiger partial charge is 0.362 e. The van der Waals surface area contributed by atoms with Gasteiger partial charge in [-0.1, -0.05) is 21.9 Å². The minimum atomic E-state index is -0.0245. The van der Waals surface area contributed by atoms with Crippen LogP contribution >= 0.6 is 32.3 Å². The molecule has 0 saturated heterocycles. The number of halogens is 1. The molecule has 0 aliphatic heterocycles. The topological polar surface area (TPSA) is 20.3 Å². The van der Waals surface area contributed by atoms with Gasteiger partial charge in [0.05, 0.1) is 0 Å². The average Bonchev–Trinajstić information content (AvgIpc) is 2.38. The Morgan fingerprint density at radius 2 is 1.92 bits per heavy atom. The zero-order valence-electron chi connectivity index (χ0n) is 6.96. The molecule has 0 atom stereocenters. The van der Waals surface area contributed by atoms with Crippen LogP contribution in [-0.4, -0.2) is 13.1 Å². The van der Waals surface area contributed by atoms with Crippen LogP contribution in [-0.2, 0) is 0 Å². The summed E-state index contributed by atoms with van der Waals surface area (Å²) in [6.07, 6.45) is 0. The van der Waals surface area contributed by atoms with E-state index in [1.54, 1.807) is 0 Å². The van der Waals surface area contributed by atoms with E-state index in [9.17, 15) is 4.79 Å². The Hall–Kier alpha value is -0.0600. The Kier molecular flexibility index (Phi) is 3.55. The van der Waals surface area contributed by atoms with E-state index in [1.165, 1.54) is 20.7 Å². The van der Waals surface area contributed by atoms with Gasteiger partial charge in [0.25, 0.3) is 4.74 Å². The normalized spacial score (nSPS) is 10.2. The highest BCUT2D eigenvalue weighted by atomic mass is 35.5. The second kappa shape index (κ2) is 4.25. The average molecular weight is 224 g/mol. The number of anilines is 1. The first-order chi connectivity index (χ1) is 5.70. The molecule has 1 aromatic heterocycles. The van der Waals surface area contributed by atoms with E-state index in [-0.39, 0.29) is 4.74 Å². The van der Waals surface area contributed by atoms with Gasteiger partial charge in [0, 0.05) is 13.1 Å². The zero-order chi connectivity index (χ0) is 9.14. The summed E-state index contributed by atoms with van der Waals surface area (Å²) in [6, 6.07) is 0. The van der Waals surface area contributed by atoms with Gasteiger partial charge < -0.3 is 4.90 Å². The van der Waals surface area contributed by atoms with Crippen LogP contribution in [0.1, 0.15) is 13.8 Å². The molecule has 0 N–H and O–H groups in total. The fraction of sp³-hybridized carbons (Fsp3) is 0.571. The minimum absolute atomic E-state index is 0.0245. The van der Waals surface area contributed by atoms with E-state index in [1.807, 2.05) is 0 Å². The molecule has 12 heavy (non-hydrogen) atoms. The molecular weight excluding hydrogens is 214 g/mol. The molecule has 1 heterocycles. The van der Waals surface area contributed by atoms with Crippen molar-refractivity contribution in [2.45, 2.75) is 13.8 Å². The standard InChI is InChI=1S/C7H10ClNOS2/c1-3-9(4-2)6-5(8)7(10)12-11-6/h3-4H2,1-2H3. The molecule has 0 amide bonds. The fourth-order valence-electron chi connectivity index (χ4n) is 0.940. The van der Waals surface area contributed by atoms with Crippen LogP contribution in [0.5, 0.6) is 0 Å². The van der Waals surface area contributed by atoms with E-state index in [4.69, 9.17) is 11.6 Å². The molecule has 0 spiro atoms. The van der Waals surface area contributed by atoms with Crippen molar-refractivity contribution >= 4 is 37.3 Å². The third-order valence-electron chi connectivity index (χ3n) is 1.61. The first-order valence-corrected chi connectivity index (χ1v) is 6.27. The molecule has 68 valence electrons. The highest BCUT2D eigenvalue weighted by molar-refractivity contribution is 7.70. The molecule has 1 aromatic rings. The van der Waals surface area contributed by atoms with Crippen molar-refractivity contribution in [3.05, 3.63) is 14.6 Å². The Morgan fingerprint density at radius 1 is 1.33 bits per heavy atom. The lowest BCUT2D eigenvalue weighted by Gasteiger charge is -2.17. The highest BCUT2D eigenvalue weighted by Crippen LogP contribution is 2.30. The first-order valence-electron chi connectivity index (χ1n) is 3.74. The lowest BCUT2D eigenvalue weighted by molar-refractivity contribution is 0.876. The van der Waals surface area contributed by atoms with Crippen LogP contribution in [0.25, 0.3) is 0 Å². The van der Waals surface area contributed by atoms with Crippen LogP contribution < -0.4 is 9.64 Å². The maximum Gasteiger partial charge on any atom is 0.263 e. The van der Waals surface area contributed by atoms with E-state index >= 15 is 0 Å². The SMILES string of the molecule is CCN(CC)c1ssc(=O)c1Cl. The van der Waals surface area contributed by atoms with Gasteiger partial charge in [-0.3, -0.25) is 4.79 Å². The number of hydrogen-bond acceptors (Lipinski definition) is 4. The van der Waals surface area contributed by atoms with Crippen molar-refractivity contribution < 1.29 is 0 Å². The molecule has 5 heteroatoms. The van der Waals surface area contributed by atoms with Gasteiger partial charge in [0.1, 0.15) is 10.0 Å². The van der Waals surface area contributed by atoms with Crippen LogP contribution in [0.4, 0.5) is 5.00 Å². The Labute approximate surface area is 83.8 Å². The van der Waals surface area contributed by atoms with Gasteiger partial charge in [-0.2, -0.15) is 0 Å². The summed E-state index contributed by atoms with van der Waals surface area (Å²) in [5.41, 5.74) is 0. The molecule has 0 bridgehead atoms. The van der Waals surface area contributed by atoms with Crippen molar-refractivity contribution in [3.8, 4) is 0 Å². The molecule has 0 aliphatic rings. The smallest absolute Gasteiger partial charge is 0.263 e. The quantitative estimate of drug-likeness (QED) is 0.735. The van der Waals surface area contributed by atoms with Crippen LogP contribution in [0.15, 0.2) is 4.79 Å². The van der Waals surface area contributed by atoms with Gasteiger partial charge in [-0.15, -0.1) is 0 Å². The maximum atomic E-state index is 11.0. The molecule has 0 radical (unpaired) electrons. The molecule has 0 unspecified atom stereocenters. The number of hydrogen-bond donors (Lipinski definition) is 0. The Balaban J connectivity index is 3.01. The minimum Gasteiger partial charge on any atom is -0.362 e. The molecule has 2 nitrogen and oxygen atoms in total. The third kappa shape index (κ3) is 1.81. The Morgan fingerprint density at radius 3 is 2.25 bits per heavy atom. The zero-order valence-corrected chi connectivity index (χ0v) is 9.35. The predicted molar refractivity (Wildman–Crippen MR) is 57.0 cm³/mol. The van der Waals surface area contributed by atoms with E-state index in [0.29, 0.717) is 5.02 Å². The van der Waals surface area contributed by atoms with Gasteiger partial charge >= 0.3 is 0 Å². The lowest BCUT2D eigenvalue weighted by atomic mass is 10.5. The second-order valence-electron chi connectivity index (χ2n) is 2.25.